The first-order chi connectivity index (χ1) is 12.2. The van der Waals surface area contributed by atoms with Crippen LogP contribution in [0.15, 0.2) is 59.8 Å². The average molecular weight is 344 g/mol. The van der Waals surface area contributed by atoms with E-state index in [-0.39, 0.29) is 13.3 Å². The van der Waals surface area contributed by atoms with Gasteiger partial charge in [0.1, 0.15) is 11.5 Å². The second-order valence-electron chi connectivity index (χ2n) is 4.81. The van der Waals surface area contributed by atoms with Crippen LogP contribution in [0.3, 0.4) is 0 Å². The molecular weight excluding hydrogens is 324 g/mol. The molecule has 0 saturated carbocycles. The van der Waals surface area contributed by atoms with Crippen LogP contribution in [-0.2, 0) is 9.57 Å². The Morgan fingerprint density at radius 3 is 2.36 bits per heavy atom. The normalized spacial score (nSPS) is 10.5. The molecule has 0 aliphatic heterocycles. The topological polar surface area (TPSA) is 69.6 Å². The minimum atomic E-state index is -0.533. The number of methoxy groups -OCH3 is 2. The van der Waals surface area contributed by atoms with Crippen LogP contribution in [0.25, 0.3) is 0 Å². The fourth-order valence-electron chi connectivity index (χ4n) is 1.94. The quantitative estimate of drug-likeness (QED) is 0.318. The Balaban J connectivity index is 2.07. The SMILES string of the molecule is COCO/N=C/CN(C(=O)Oc1ccc(OC)cc1)c1ccccc1. The monoisotopic (exact) mass is 344 g/mol. The molecular formula is C18H20N2O5. The van der Waals surface area contributed by atoms with E-state index in [1.165, 1.54) is 18.2 Å². The Morgan fingerprint density at radius 2 is 1.72 bits per heavy atom. The zero-order valence-electron chi connectivity index (χ0n) is 14.1. The molecule has 2 aromatic rings. The zero-order valence-corrected chi connectivity index (χ0v) is 14.1. The number of anilines is 1. The number of nitrogens with zero attached hydrogens (tertiary/aromatic N) is 2. The maximum Gasteiger partial charge on any atom is 0.420 e. The largest absolute Gasteiger partial charge is 0.497 e. The fraction of sp³-hybridized carbons (Fsp3) is 0.222. The first-order valence-electron chi connectivity index (χ1n) is 7.55. The molecule has 25 heavy (non-hydrogen) atoms. The number of ether oxygens (including phenoxy) is 3. The molecule has 0 bridgehead atoms. The van der Waals surface area contributed by atoms with Crippen molar-refractivity contribution in [3.8, 4) is 11.5 Å². The number of hydrogen-bond acceptors (Lipinski definition) is 6. The van der Waals surface area contributed by atoms with E-state index in [1.807, 2.05) is 18.2 Å². The number of oxime groups is 1. The number of para-hydroxylation sites is 1. The summed E-state index contributed by atoms with van der Waals surface area (Å²) in [6.45, 7) is 0.223. The van der Waals surface area contributed by atoms with Gasteiger partial charge in [-0.3, -0.25) is 4.90 Å². The van der Waals surface area contributed by atoms with E-state index in [0.717, 1.165) is 0 Å². The number of carbonyl (C=O) groups is 1. The van der Waals surface area contributed by atoms with Gasteiger partial charge in [-0.2, -0.15) is 0 Å². The summed E-state index contributed by atoms with van der Waals surface area (Å²) in [5, 5.41) is 3.72. The van der Waals surface area contributed by atoms with Crippen LogP contribution >= 0.6 is 0 Å². The Labute approximate surface area is 146 Å². The van der Waals surface area contributed by atoms with Gasteiger partial charge >= 0.3 is 6.09 Å². The second-order valence-corrected chi connectivity index (χ2v) is 4.81. The van der Waals surface area contributed by atoms with Gasteiger partial charge in [0.15, 0.2) is 0 Å². The molecule has 2 rings (SSSR count). The van der Waals surface area contributed by atoms with Gasteiger partial charge in [0.05, 0.1) is 19.9 Å². The number of carbonyl (C=O) groups excluding carboxylic acids is 1. The molecule has 0 N–H and O–H groups in total. The number of hydrogen-bond donors (Lipinski definition) is 0. The van der Waals surface area contributed by atoms with Crippen molar-refractivity contribution in [2.45, 2.75) is 0 Å². The third-order valence-corrected chi connectivity index (χ3v) is 3.14. The molecule has 132 valence electrons. The standard InChI is InChI=1S/C18H20N2O5/c1-22-14-24-19-12-13-20(15-6-4-3-5-7-15)18(21)25-17-10-8-16(23-2)9-11-17/h3-12H,13-14H2,1-2H3/b19-12+. The lowest BCUT2D eigenvalue weighted by molar-refractivity contribution is -0.0276. The highest BCUT2D eigenvalue weighted by Crippen LogP contribution is 2.20. The molecule has 0 spiro atoms. The van der Waals surface area contributed by atoms with Gasteiger partial charge in [-0.15, -0.1) is 0 Å². The number of rotatable bonds is 8. The van der Waals surface area contributed by atoms with Crippen molar-refractivity contribution in [1.82, 2.24) is 0 Å². The van der Waals surface area contributed by atoms with E-state index in [1.54, 1.807) is 43.5 Å². The van der Waals surface area contributed by atoms with Gasteiger partial charge in [-0.1, -0.05) is 23.4 Å². The first-order valence-corrected chi connectivity index (χ1v) is 7.55. The highest BCUT2D eigenvalue weighted by atomic mass is 16.7. The molecule has 7 heteroatoms. The van der Waals surface area contributed by atoms with Crippen LogP contribution in [0.4, 0.5) is 10.5 Å². The van der Waals surface area contributed by atoms with E-state index in [2.05, 4.69) is 5.16 Å². The number of benzene rings is 2. The highest BCUT2D eigenvalue weighted by molar-refractivity contribution is 5.92. The summed E-state index contributed by atoms with van der Waals surface area (Å²) in [6.07, 6.45) is 0.927. The van der Waals surface area contributed by atoms with E-state index >= 15 is 0 Å². The molecule has 0 unspecified atom stereocenters. The van der Waals surface area contributed by atoms with Crippen LogP contribution in [-0.4, -0.2) is 39.9 Å². The Kier molecular flexibility index (Phi) is 7.27. The van der Waals surface area contributed by atoms with Crippen molar-refractivity contribution >= 4 is 18.0 Å². The molecule has 0 aliphatic carbocycles. The lowest BCUT2D eigenvalue weighted by Crippen LogP contribution is -2.35. The Bertz CT molecular complexity index is 674. The first kappa shape index (κ1) is 18.3. The van der Waals surface area contributed by atoms with Crippen molar-refractivity contribution < 1.29 is 23.8 Å². The number of amides is 1. The third-order valence-electron chi connectivity index (χ3n) is 3.14. The zero-order chi connectivity index (χ0) is 17.9. The minimum absolute atomic E-state index is 0.0398. The Hall–Kier alpha value is -3.06. The van der Waals surface area contributed by atoms with Crippen molar-refractivity contribution in [2.75, 3.05) is 32.5 Å². The van der Waals surface area contributed by atoms with Crippen molar-refractivity contribution in [3.05, 3.63) is 54.6 Å². The van der Waals surface area contributed by atoms with E-state index in [9.17, 15) is 4.79 Å². The molecule has 2 aromatic carbocycles. The van der Waals surface area contributed by atoms with Gasteiger partial charge < -0.3 is 19.0 Å². The fourth-order valence-corrected chi connectivity index (χ4v) is 1.94. The maximum absolute atomic E-state index is 12.5. The van der Waals surface area contributed by atoms with Crippen LogP contribution in [0.1, 0.15) is 0 Å². The van der Waals surface area contributed by atoms with Gasteiger partial charge in [0.2, 0.25) is 6.79 Å². The summed E-state index contributed by atoms with van der Waals surface area (Å²) in [4.78, 5) is 18.8. The van der Waals surface area contributed by atoms with E-state index < -0.39 is 6.09 Å². The van der Waals surface area contributed by atoms with E-state index in [0.29, 0.717) is 17.2 Å². The summed E-state index contributed by atoms with van der Waals surface area (Å²) in [5.74, 6) is 1.10. The van der Waals surface area contributed by atoms with Crippen LogP contribution in [0.5, 0.6) is 11.5 Å². The summed E-state index contributed by atoms with van der Waals surface area (Å²) in [6, 6.07) is 15.9. The van der Waals surface area contributed by atoms with Crippen LogP contribution < -0.4 is 14.4 Å². The third kappa shape index (κ3) is 5.82. The lowest BCUT2D eigenvalue weighted by atomic mass is 10.3. The predicted molar refractivity (Wildman–Crippen MR) is 94.3 cm³/mol. The molecule has 0 radical (unpaired) electrons. The summed E-state index contributed by atoms with van der Waals surface area (Å²) in [7, 11) is 3.07. The molecule has 7 nitrogen and oxygen atoms in total. The average Bonchev–Trinajstić information content (AvgIpc) is 2.66. The second kappa shape index (κ2) is 9.94. The van der Waals surface area contributed by atoms with Crippen molar-refractivity contribution in [3.63, 3.8) is 0 Å². The summed E-state index contributed by atoms with van der Waals surface area (Å²) >= 11 is 0. The molecule has 0 aromatic heterocycles. The summed E-state index contributed by atoms with van der Waals surface area (Å²) < 4.78 is 15.2. The molecule has 0 aliphatic rings. The van der Waals surface area contributed by atoms with Gasteiger partial charge in [0, 0.05) is 12.8 Å². The van der Waals surface area contributed by atoms with Crippen LogP contribution in [0, 0.1) is 0 Å². The Morgan fingerprint density at radius 1 is 1.04 bits per heavy atom. The molecule has 0 atom stereocenters. The lowest BCUT2D eigenvalue weighted by Gasteiger charge is -2.20. The molecule has 0 saturated heterocycles. The maximum atomic E-state index is 12.5. The highest BCUT2D eigenvalue weighted by Gasteiger charge is 2.17. The minimum Gasteiger partial charge on any atom is -0.497 e. The van der Waals surface area contributed by atoms with Crippen molar-refractivity contribution in [2.24, 2.45) is 5.16 Å². The van der Waals surface area contributed by atoms with Gasteiger partial charge in [-0.05, 0) is 36.4 Å². The van der Waals surface area contributed by atoms with Crippen LogP contribution in [0.2, 0.25) is 0 Å². The van der Waals surface area contributed by atoms with Gasteiger partial charge in [0.25, 0.3) is 0 Å². The molecule has 0 heterocycles. The van der Waals surface area contributed by atoms with Gasteiger partial charge in [-0.25, -0.2) is 4.79 Å². The predicted octanol–water partition coefficient (Wildman–Crippen LogP) is 3.31. The molecule has 0 fully saturated rings. The summed E-state index contributed by atoms with van der Waals surface area (Å²) in [5.41, 5.74) is 0.680. The molecule has 1 amide bonds. The van der Waals surface area contributed by atoms with Crippen molar-refractivity contribution in [1.29, 1.82) is 0 Å². The smallest absolute Gasteiger partial charge is 0.420 e. The van der Waals surface area contributed by atoms with E-state index in [4.69, 9.17) is 19.0 Å².